The lowest BCUT2D eigenvalue weighted by Crippen LogP contribution is -2.13. The van der Waals surface area contributed by atoms with Crippen molar-refractivity contribution in [1.29, 1.82) is 0 Å². The quantitative estimate of drug-likeness (QED) is 0.451. The van der Waals surface area contributed by atoms with Gasteiger partial charge in [0.2, 0.25) is 0 Å². The van der Waals surface area contributed by atoms with Crippen molar-refractivity contribution < 1.29 is 0 Å². The number of pyridine rings is 1. The highest BCUT2D eigenvalue weighted by molar-refractivity contribution is 5.67. The lowest BCUT2D eigenvalue weighted by Gasteiger charge is -2.16. The smallest absolute Gasteiger partial charge is 0.254 e. The lowest BCUT2D eigenvalue weighted by molar-refractivity contribution is 0.966. The lowest BCUT2D eigenvalue weighted by atomic mass is 10.2. The topological polar surface area (TPSA) is 97.4 Å². The van der Waals surface area contributed by atoms with Crippen molar-refractivity contribution in [2.24, 2.45) is 5.29 Å². The van der Waals surface area contributed by atoms with E-state index >= 15 is 0 Å². The minimum atomic E-state index is 0.176. The number of aromatic nitrogens is 3. The van der Waals surface area contributed by atoms with Crippen LogP contribution in [-0.2, 0) is 0 Å². The largest absolute Gasteiger partial charge is 0.399 e. The molecule has 0 radical (unpaired) electrons. The highest BCUT2D eigenvalue weighted by Crippen LogP contribution is 2.29. The highest BCUT2D eigenvalue weighted by atomic mass is 16.3. The van der Waals surface area contributed by atoms with Crippen molar-refractivity contribution in [2.45, 2.75) is 6.92 Å². The predicted octanol–water partition coefficient (Wildman–Crippen LogP) is 3.25. The molecule has 7 heteroatoms. The van der Waals surface area contributed by atoms with Crippen LogP contribution >= 0.6 is 0 Å². The van der Waals surface area contributed by atoms with Gasteiger partial charge in [0.25, 0.3) is 5.95 Å². The molecule has 7 nitrogen and oxygen atoms in total. The molecule has 0 amide bonds. The fourth-order valence-corrected chi connectivity index (χ4v) is 2.17. The van der Waals surface area contributed by atoms with E-state index in [1.165, 1.54) is 0 Å². The molecule has 2 aromatic heterocycles. The van der Waals surface area contributed by atoms with Crippen molar-refractivity contribution >= 4 is 17.3 Å². The summed E-state index contributed by atoms with van der Waals surface area (Å²) in [4.78, 5) is 24.0. The maximum Gasteiger partial charge on any atom is 0.254 e. The molecule has 0 fully saturated rings. The van der Waals surface area contributed by atoms with Crippen molar-refractivity contribution in [1.82, 2.24) is 15.0 Å². The average Bonchev–Trinajstić information content (AvgIpc) is 2.60. The van der Waals surface area contributed by atoms with Gasteiger partial charge < -0.3 is 5.73 Å². The second-order valence-electron chi connectivity index (χ2n) is 4.92. The Bertz CT molecular complexity index is 837. The van der Waals surface area contributed by atoms with Gasteiger partial charge in [0.1, 0.15) is 0 Å². The van der Waals surface area contributed by atoms with Crippen LogP contribution in [0.4, 0.5) is 17.3 Å². The summed E-state index contributed by atoms with van der Waals surface area (Å²) in [5.41, 5.74) is 9.19. The molecule has 0 bridgehead atoms. The van der Waals surface area contributed by atoms with Crippen LogP contribution in [0.3, 0.4) is 0 Å². The van der Waals surface area contributed by atoms with Gasteiger partial charge in [-0.1, -0.05) is 6.07 Å². The molecule has 0 spiro atoms. The first-order valence-corrected chi connectivity index (χ1v) is 6.92. The number of nitrogens with two attached hydrogens (primary N) is 1. The second kappa shape index (κ2) is 6.18. The van der Waals surface area contributed by atoms with Gasteiger partial charge in [0.05, 0.1) is 16.7 Å². The minimum absolute atomic E-state index is 0.176. The highest BCUT2D eigenvalue weighted by Gasteiger charge is 2.16. The molecule has 0 saturated carbocycles. The molecule has 0 aliphatic carbocycles. The summed E-state index contributed by atoms with van der Waals surface area (Å²) in [5, 5.41) is 4.18. The number of nitrogens with zero attached hydrogens (tertiary/aromatic N) is 5. The molecule has 0 aliphatic heterocycles. The molecule has 3 aromatic rings. The van der Waals surface area contributed by atoms with Gasteiger partial charge in [-0.3, -0.25) is 4.98 Å². The van der Waals surface area contributed by atoms with Gasteiger partial charge >= 0.3 is 0 Å². The normalized spacial score (nSPS) is 10.3. The Morgan fingerprint density at radius 2 is 2.04 bits per heavy atom. The third-order valence-corrected chi connectivity index (χ3v) is 3.33. The van der Waals surface area contributed by atoms with Gasteiger partial charge in [-0.2, -0.15) is 5.01 Å². The Morgan fingerprint density at radius 3 is 2.78 bits per heavy atom. The van der Waals surface area contributed by atoms with E-state index in [9.17, 15) is 4.91 Å². The van der Waals surface area contributed by atoms with Crippen LogP contribution in [0.5, 0.6) is 0 Å². The summed E-state index contributed by atoms with van der Waals surface area (Å²) in [5.74, 6) is 0.176. The SMILES string of the molecule is Cc1ccc(N)cc1N(N=O)c1nccc(-c2cccnc2)n1. The number of hydrogen-bond acceptors (Lipinski definition) is 6. The Balaban J connectivity index is 2.06. The van der Waals surface area contributed by atoms with E-state index < -0.39 is 0 Å². The molecule has 2 N–H and O–H groups in total. The molecule has 0 saturated heterocycles. The molecular formula is C16H14N6O. The van der Waals surface area contributed by atoms with E-state index in [4.69, 9.17) is 5.73 Å². The Morgan fingerprint density at radius 1 is 1.17 bits per heavy atom. The van der Waals surface area contributed by atoms with Crippen LogP contribution in [0, 0.1) is 11.8 Å². The third-order valence-electron chi connectivity index (χ3n) is 3.33. The van der Waals surface area contributed by atoms with Gasteiger partial charge in [0.15, 0.2) is 0 Å². The maximum atomic E-state index is 11.4. The number of nitroso groups, excluding NO2 is 1. The van der Waals surface area contributed by atoms with Gasteiger partial charge in [-0.15, -0.1) is 4.91 Å². The van der Waals surface area contributed by atoms with Gasteiger partial charge in [-0.05, 0) is 42.8 Å². The van der Waals surface area contributed by atoms with E-state index in [2.05, 4.69) is 20.2 Å². The van der Waals surface area contributed by atoms with Crippen molar-refractivity contribution in [2.75, 3.05) is 10.7 Å². The Labute approximate surface area is 132 Å². The first-order chi connectivity index (χ1) is 11.2. The first kappa shape index (κ1) is 14.6. The molecular weight excluding hydrogens is 292 g/mol. The number of aryl methyl sites for hydroxylation is 1. The zero-order valence-electron chi connectivity index (χ0n) is 12.4. The third kappa shape index (κ3) is 2.98. The Kier molecular flexibility index (Phi) is 3.92. The molecule has 23 heavy (non-hydrogen) atoms. The second-order valence-corrected chi connectivity index (χ2v) is 4.92. The monoisotopic (exact) mass is 306 g/mol. The first-order valence-electron chi connectivity index (χ1n) is 6.92. The van der Waals surface area contributed by atoms with Crippen LogP contribution in [0.25, 0.3) is 11.3 Å². The zero-order chi connectivity index (χ0) is 16.2. The van der Waals surface area contributed by atoms with Crippen molar-refractivity contribution in [3.8, 4) is 11.3 Å². The summed E-state index contributed by atoms with van der Waals surface area (Å²) < 4.78 is 0. The molecule has 3 rings (SSSR count). The summed E-state index contributed by atoms with van der Waals surface area (Å²) in [7, 11) is 0. The minimum Gasteiger partial charge on any atom is -0.399 e. The number of nitrogen functional groups attached to an aromatic ring is 1. The molecule has 1 aromatic carbocycles. The van der Waals surface area contributed by atoms with Gasteiger partial charge in [0, 0.05) is 29.8 Å². The number of benzene rings is 1. The van der Waals surface area contributed by atoms with E-state index in [1.807, 2.05) is 25.1 Å². The fraction of sp³-hybridized carbons (Fsp3) is 0.0625. The maximum absolute atomic E-state index is 11.4. The Hall–Kier alpha value is -3.35. The van der Waals surface area contributed by atoms with Crippen LogP contribution < -0.4 is 10.7 Å². The zero-order valence-corrected chi connectivity index (χ0v) is 12.4. The van der Waals surface area contributed by atoms with E-state index in [1.54, 1.807) is 36.8 Å². The van der Waals surface area contributed by atoms with E-state index in [0.29, 0.717) is 17.1 Å². The van der Waals surface area contributed by atoms with Crippen LogP contribution in [0.2, 0.25) is 0 Å². The van der Waals surface area contributed by atoms with Gasteiger partial charge in [-0.25, -0.2) is 9.97 Å². The number of rotatable bonds is 4. The van der Waals surface area contributed by atoms with Crippen molar-refractivity contribution in [3.63, 3.8) is 0 Å². The summed E-state index contributed by atoms with van der Waals surface area (Å²) in [6, 6.07) is 10.7. The summed E-state index contributed by atoms with van der Waals surface area (Å²) in [6.45, 7) is 1.86. The molecule has 0 atom stereocenters. The standard InChI is InChI=1S/C16H14N6O/c1-11-4-5-13(17)9-15(11)22(21-23)16-19-8-6-14(20-16)12-3-2-7-18-10-12/h2-10H,17H2,1H3. The van der Waals surface area contributed by atoms with E-state index in [-0.39, 0.29) is 5.95 Å². The fourth-order valence-electron chi connectivity index (χ4n) is 2.17. The summed E-state index contributed by atoms with van der Waals surface area (Å²) >= 11 is 0. The van der Waals surface area contributed by atoms with Crippen molar-refractivity contribution in [3.05, 3.63) is 65.5 Å². The van der Waals surface area contributed by atoms with Crippen LogP contribution in [-0.4, -0.2) is 15.0 Å². The molecule has 114 valence electrons. The van der Waals surface area contributed by atoms with Crippen LogP contribution in [0.15, 0.2) is 60.3 Å². The van der Waals surface area contributed by atoms with E-state index in [0.717, 1.165) is 16.1 Å². The number of hydrogen-bond donors (Lipinski definition) is 1. The molecule has 0 aliphatic rings. The predicted molar refractivity (Wildman–Crippen MR) is 88.8 cm³/mol. The number of anilines is 3. The molecule has 0 unspecified atom stereocenters. The summed E-state index contributed by atoms with van der Waals surface area (Å²) in [6.07, 6.45) is 4.95. The average molecular weight is 306 g/mol. The van der Waals surface area contributed by atoms with Crippen LogP contribution in [0.1, 0.15) is 5.56 Å². The molecule has 2 heterocycles.